The van der Waals surface area contributed by atoms with E-state index in [0.29, 0.717) is 6.04 Å². The molecule has 0 aromatic rings. The number of hydrogen-bond acceptors (Lipinski definition) is 2. The van der Waals surface area contributed by atoms with E-state index in [-0.39, 0.29) is 0 Å². The van der Waals surface area contributed by atoms with Gasteiger partial charge in [-0.2, -0.15) is 0 Å². The monoisotopic (exact) mass is 266 g/mol. The highest BCUT2D eigenvalue weighted by molar-refractivity contribution is 5.00. The maximum Gasteiger partial charge on any atom is 0.0111 e. The highest BCUT2D eigenvalue weighted by Crippen LogP contribution is 2.48. The maximum atomic E-state index is 6.50. The third kappa shape index (κ3) is 3.33. The number of nitrogens with zero attached hydrogens (tertiary/aromatic N) is 1. The van der Waals surface area contributed by atoms with Gasteiger partial charge >= 0.3 is 0 Å². The largest absolute Gasteiger partial charge is 0.327 e. The molecule has 0 aromatic heterocycles. The molecular formula is C17H34N2. The first-order chi connectivity index (χ1) is 9.06. The van der Waals surface area contributed by atoms with Crippen LogP contribution in [0.25, 0.3) is 0 Å². The van der Waals surface area contributed by atoms with Crippen LogP contribution in [0.15, 0.2) is 0 Å². The first-order valence-corrected chi connectivity index (χ1v) is 8.56. The van der Waals surface area contributed by atoms with Gasteiger partial charge in [-0.15, -0.1) is 0 Å². The van der Waals surface area contributed by atoms with Gasteiger partial charge in [-0.1, -0.05) is 27.7 Å². The zero-order chi connectivity index (χ0) is 14.0. The molecule has 0 radical (unpaired) electrons. The number of fused-ring (bicyclic) bond motifs is 2. The Morgan fingerprint density at radius 3 is 2.21 bits per heavy atom. The Hall–Kier alpha value is -0.0800. The summed E-state index contributed by atoms with van der Waals surface area (Å²) in [5.74, 6) is 3.31. The normalized spacial score (nSPS) is 34.1. The van der Waals surface area contributed by atoms with Gasteiger partial charge in [0.05, 0.1) is 0 Å². The van der Waals surface area contributed by atoms with Crippen LogP contribution in [-0.2, 0) is 0 Å². The van der Waals surface area contributed by atoms with Gasteiger partial charge in [0.1, 0.15) is 0 Å². The molecule has 2 aliphatic carbocycles. The van der Waals surface area contributed by atoms with Crippen molar-refractivity contribution in [3.8, 4) is 0 Å². The van der Waals surface area contributed by atoms with Crippen molar-refractivity contribution in [1.82, 2.24) is 4.90 Å². The van der Waals surface area contributed by atoms with Gasteiger partial charge < -0.3 is 5.73 Å². The fourth-order valence-electron chi connectivity index (χ4n) is 4.64. The molecule has 2 fully saturated rings. The van der Waals surface area contributed by atoms with Gasteiger partial charge in [0.2, 0.25) is 0 Å². The average Bonchev–Trinajstić information content (AvgIpc) is 2.93. The van der Waals surface area contributed by atoms with Crippen LogP contribution in [0.4, 0.5) is 0 Å². The lowest BCUT2D eigenvalue weighted by molar-refractivity contribution is 0.112. The molecular weight excluding hydrogens is 232 g/mol. The van der Waals surface area contributed by atoms with E-state index in [9.17, 15) is 0 Å². The Kier molecular flexibility index (Phi) is 5.30. The minimum Gasteiger partial charge on any atom is -0.327 e. The van der Waals surface area contributed by atoms with Gasteiger partial charge in [-0.25, -0.2) is 0 Å². The molecule has 2 bridgehead atoms. The molecule has 4 unspecified atom stereocenters. The Bertz CT molecular complexity index is 270. The first-order valence-electron chi connectivity index (χ1n) is 8.56. The molecule has 0 saturated heterocycles. The molecule has 19 heavy (non-hydrogen) atoms. The van der Waals surface area contributed by atoms with E-state index < -0.39 is 0 Å². The van der Waals surface area contributed by atoms with Gasteiger partial charge in [-0.05, 0) is 55.8 Å². The summed E-state index contributed by atoms with van der Waals surface area (Å²) in [5, 5.41) is 0. The first kappa shape index (κ1) is 15.3. The lowest BCUT2D eigenvalue weighted by Crippen LogP contribution is -2.47. The molecule has 4 atom stereocenters. The summed E-state index contributed by atoms with van der Waals surface area (Å²) in [6.45, 7) is 11.9. The quantitative estimate of drug-likeness (QED) is 0.764. The van der Waals surface area contributed by atoms with E-state index >= 15 is 0 Å². The Labute approximate surface area is 120 Å². The summed E-state index contributed by atoms with van der Waals surface area (Å²) >= 11 is 0. The molecule has 2 saturated carbocycles. The van der Waals surface area contributed by atoms with Gasteiger partial charge in [-0.3, -0.25) is 4.90 Å². The van der Waals surface area contributed by atoms with Crippen molar-refractivity contribution < 1.29 is 0 Å². The molecule has 2 heteroatoms. The molecule has 2 N–H and O–H groups in total. The standard InChI is InChI=1S/C17H34N2/c1-5-15(6-2)19(10-12(3)4)11-16-13-7-8-14(9-13)17(16)18/h12-17H,5-11,18H2,1-4H3. The molecule has 0 aromatic carbocycles. The molecule has 112 valence electrons. The van der Waals surface area contributed by atoms with Crippen molar-refractivity contribution in [2.24, 2.45) is 29.4 Å². The molecule has 0 aliphatic heterocycles. The Balaban J connectivity index is 1.99. The second-order valence-corrected chi connectivity index (χ2v) is 7.39. The fourth-order valence-corrected chi connectivity index (χ4v) is 4.64. The highest BCUT2D eigenvalue weighted by atomic mass is 15.2. The molecule has 0 spiro atoms. The number of rotatable bonds is 7. The lowest BCUT2D eigenvalue weighted by Gasteiger charge is -2.38. The van der Waals surface area contributed by atoms with Crippen LogP contribution in [0.1, 0.15) is 59.8 Å². The minimum atomic E-state index is 0.489. The van der Waals surface area contributed by atoms with E-state index in [1.54, 1.807) is 0 Å². The van der Waals surface area contributed by atoms with E-state index in [0.717, 1.165) is 29.7 Å². The predicted octanol–water partition coefficient (Wildman–Crippen LogP) is 3.51. The third-order valence-electron chi connectivity index (χ3n) is 5.66. The van der Waals surface area contributed by atoms with Gasteiger partial charge in [0.25, 0.3) is 0 Å². The maximum absolute atomic E-state index is 6.50. The van der Waals surface area contributed by atoms with Gasteiger partial charge in [0, 0.05) is 25.2 Å². The van der Waals surface area contributed by atoms with Crippen LogP contribution in [-0.4, -0.2) is 30.1 Å². The van der Waals surface area contributed by atoms with Crippen molar-refractivity contribution in [2.45, 2.75) is 71.9 Å². The van der Waals surface area contributed by atoms with Crippen LogP contribution in [0.3, 0.4) is 0 Å². The second kappa shape index (κ2) is 6.58. The number of hydrogen-bond donors (Lipinski definition) is 1. The fraction of sp³-hybridized carbons (Fsp3) is 1.00. The Morgan fingerprint density at radius 2 is 1.74 bits per heavy atom. The molecule has 2 rings (SSSR count). The minimum absolute atomic E-state index is 0.489. The van der Waals surface area contributed by atoms with Crippen LogP contribution in [0, 0.1) is 23.7 Å². The average molecular weight is 266 g/mol. The molecule has 2 aliphatic rings. The third-order valence-corrected chi connectivity index (χ3v) is 5.66. The van der Waals surface area contributed by atoms with Gasteiger partial charge in [0.15, 0.2) is 0 Å². The summed E-state index contributed by atoms with van der Waals surface area (Å²) in [6, 6.07) is 1.25. The smallest absolute Gasteiger partial charge is 0.0111 e. The number of nitrogens with two attached hydrogens (primary N) is 1. The van der Waals surface area contributed by atoms with E-state index in [1.807, 2.05) is 0 Å². The van der Waals surface area contributed by atoms with Crippen LogP contribution in [0.2, 0.25) is 0 Å². The summed E-state index contributed by atoms with van der Waals surface area (Å²) in [7, 11) is 0. The van der Waals surface area contributed by atoms with Crippen molar-refractivity contribution in [1.29, 1.82) is 0 Å². The summed E-state index contributed by atoms with van der Waals surface area (Å²) in [4.78, 5) is 2.76. The predicted molar refractivity (Wildman–Crippen MR) is 83.1 cm³/mol. The topological polar surface area (TPSA) is 29.3 Å². The van der Waals surface area contributed by atoms with Crippen molar-refractivity contribution >= 4 is 0 Å². The highest BCUT2D eigenvalue weighted by Gasteiger charge is 2.46. The SMILES string of the molecule is CCC(CC)N(CC(C)C)CC1C2CCC(C2)C1N. The van der Waals surface area contributed by atoms with E-state index in [4.69, 9.17) is 5.73 Å². The second-order valence-electron chi connectivity index (χ2n) is 7.39. The van der Waals surface area contributed by atoms with Crippen molar-refractivity contribution in [2.75, 3.05) is 13.1 Å². The molecule has 0 heterocycles. The zero-order valence-corrected chi connectivity index (χ0v) is 13.4. The van der Waals surface area contributed by atoms with E-state index in [1.165, 1.54) is 45.2 Å². The van der Waals surface area contributed by atoms with Crippen molar-refractivity contribution in [3.05, 3.63) is 0 Å². The summed E-state index contributed by atoms with van der Waals surface area (Å²) < 4.78 is 0. The Morgan fingerprint density at radius 1 is 1.11 bits per heavy atom. The van der Waals surface area contributed by atoms with E-state index in [2.05, 4.69) is 32.6 Å². The van der Waals surface area contributed by atoms with Crippen LogP contribution in [0.5, 0.6) is 0 Å². The zero-order valence-electron chi connectivity index (χ0n) is 13.4. The van der Waals surface area contributed by atoms with Crippen LogP contribution < -0.4 is 5.73 Å². The van der Waals surface area contributed by atoms with Crippen molar-refractivity contribution in [3.63, 3.8) is 0 Å². The summed E-state index contributed by atoms with van der Waals surface area (Å²) in [6.07, 6.45) is 6.82. The van der Waals surface area contributed by atoms with Crippen LogP contribution >= 0.6 is 0 Å². The molecule has 2 nitrogen and oxygen atoms in total. The molecule has 0 amide bonds. The lowest BCUT2D eigenvalue weighted by atomic mass is 9.84. The summed E-state index contributed by atoms with van der Waals surface area (Å²) in [5.41, 5.74) is 6.50.